The zero-order valence-corrected chi connectivity index (χ0v) is 11.9. The van der Waals surface area contributed by atoms with Crippen LogP contribution in [-0.4, -0.2) is 0 Å². The fraction of sp³-hybridized carbons (Fsp3) is 0.647. The van der Waals surface area contributed by atoms with Gasteiger partial charge in [0.2, 0.25) is 0 Å². The first-order valence-corrected chi connectivity index (χ1v) is 7.29. The summed E-state index contributed by atoms with van der Waals surface area (Å²) in [7, 11) is 0. The first kappa shape index (κ1) is 14.3. The zero-order valence-electron chi connectivity index (χ0n) is 11.9. The molecule has 1 aromatic carbocycles. The van der Waals surface area contributed by atoms with E-state index in [1.807, 2.05) is 0 Å². The van der Waals surface area contributed by atoms with Gasteiger partial charge in [0.15, 0.2) is 0 Å². The molecule has 0 nitrogen and oxygen atoms in total. The second kappa shape index (κ2) is 7.53. The van der Waals surface area contributed by atoms with E-state index in [0.29, 0.717) is 0 Å². The standard InChI is InChI=1S/C17H28/c1-5-11-17(14(4)15(6-2)7-3)16-12-9-8-10-13-16/h8-10,12-15,17H,5-7,11H2,1-4H3. The molecule has 96 valence electrons. The van der Waals surface area contributed by atoms with Crippen LogP contribution in [0.2, 0.25) is 0 Å². The highest BCUT2D eigenvalue weighted by Gasteiger charge is 2.23. The van der Waals surface area contributed by atoms with E-state index in [2.05, 4.69) is 58.0 Å². The predicted molar refractivity (Wildman–Crippen MR) is 77.3 cm³/mol. The van der Waals surface area contributed by atoms with E-state index < -0.39 is 0 Å². The molecule has 0 bridgehead atoms. The maximum absolute atomic E-state index is 2.45. The highest BCUT2D eigenvalue weighted by molar-refractivity contribution is 5.20. The molecule has 0 aromatic heterocycles. The molecule has 0 saturated heterocycles. The average molecular weight is 232 g/mol. The molecular weight excluding hydrogens is 204 g/mol. The Bertz CT molecular complexity index is 284. The van der Waals surface area contributed by atoms with Crippen LogP contribution in [0.3, 0.4) is 0 Å². The van der Waals surface area contributed by atoms with Gasteiger partial charge in [-0.2, -0.15) is 0 Å². The van der Waals surface area contributed by atoms with Crippen LogP contribution in [0.5, 0.6) is 0 Å². The van der Waals surface area contributed by atoms with Gasteiger partial charge in [-0.15, -0.1) is 0 Å². The molecule has 0 aliphatic carbocycles. The number of benzene rings is 1. The van der Waals surface area contributed by atoms with Crippen molar-refractivity contribution in [1.29, 1.82) is 0 Å². The lowest BCUT2D eigenvalue weighted by atomic mass is 9.75. The molecular formula is C17H28. The van der Waals surface area contributed by atoms with Gasteiger partial charge >= 0.3 is 0 Å². The highest BCUT2D eigenvalue weighted by atomic mass is 14.3. The third kappa shape index (κ3) is 3.87. The van der Waals surface area contributed by atoms with Crippen molar-refractivity contribution in [2.24, 2.45) is 11.8 Å². The van der Waals surface area contributed by atoms with E-state index in [0.717, 1.165) is 17.8 Å². The number of hydrogen-bond acceptors (Lipinski definition) is 0. The van der Waals surface area contributed by atoms with Gasteiger partial charge in [0.1, 0.15) is 0 Å². The normalized spacial score (nSPS) is 14.9. The van der Waals surface area contributed by atoms with Crippen LogP contribution in [0.15, 0.2) is 30.3 Å². The van der Waals surface area contributed by atoms with Crippen LogP contribution in [0.25, 0.3) is 0 Å². The second-order valence-corrected chi connectivity index (χ2v) is 5.24. The fourth-order valence-corrected chi connectivity index (χ4v) is 3.11. The van der Waals surface area contributed by atoms with Crippen LogP contribution in [-0.2, 0) is 0 Å². The second-order valence-electron chi connectivity index (χ2n) is 5.24. The summed E-state index contributed by atoms with van der Waals surface area (Å²) in [5.41, 5.74) is 1.54. The molecule has 0 saturated carbocycles. The molecule has 1 rings (SSSR count). The van der Waals surface area contributed by atoms with Crippen LogP contribution >= 0.6 is 0 Å². The summed E-state index contributed by atoms with van der Waals surface area (Å²) < 4.78 is 0. The minimum absolute atomic E-state index is 0.742. The van der Waals surface area contributed by atoms with Gasteiger partial charge in [0, 0.05) is 0 Å². The molecule has 2 unspecified atom stereocenters. The van der Waals surface area contributed by atoms with Crippen molar-refractivity contribution in [2.45, 2.75) is 59.3 Å². The Balaban J connectivity index is 2.85. The Kier molecular flexibility index (Phi) is 6.32. The van der Waals surface area contributed by atoms with Crippen LogP contribution in [0.1, 0.15) is 64.9 Å². The molecule has 0 radical (unpaired) electrons. The van der Waals surface area contributed by atoms with Gasteiger partial charge in [-0.3, -0.25) is 0 Å². The van der Waals surface area contributed by atoms with Crippen molar-refractivity contribution >= 4 is 0 Å². The number of hydrogen-bond donors (Lipinski definition) is 0. The fourth-order valence-electron chi connectivity index (χ4n) is 3.11. The molecule has 2 atom stereocenters. The molecule has 0 heterocycles. The van der Waals surface area contributed by atoms with Crippen molar-refractivity contribution in [1.82, 2.24) is 0 Å². The van der Waals surface area contributed by atoms with E-state index in [1.165, 1.54) is 31.2 Å². The van der Waals surface area contributed by atoms with E-state index >= 15 is 0 Å². The van der Waals surface area contributed by atoms with Crippen molar-refractivity contribution in [3.05, 3.63) is 35.9 Å². The molecule has 0 amide bonds. The third-order valence-corrected chi connectivity index (χ3v) is 4.25. The Morgan fingerprint density at radius 3 is 2.00 bits per heavy atom. The van der Waals surface area contributed by atoms with E-state index in [9.17, 15) is 0 Å². The smallest absolute Gasteiger partial charge is 0.0134 e. The van der Waals surface area contributed by atoms with Gasteiger partial charge in [-0.25, -0.2) is 0 Å². The third-order valence-electron chi connectivity index (χ3n) is 4.25. The van der Waals surface area contributed by atoms with Crippen molar-refractivity contribution in [3.8, 4) is 0 Å². The topological polar surface area (TPSA) is 0 Å². The van der Waals surface area contributed by atoms with E-state index in [-0.39, 0.29) is 0 Å². The quantitative estimate of drug-likeness (QED) is 0.570. The van der Waals surface area contributed by atoms with Gasteiger partial charge in [0.25, 0.3) is 0 Å². The summed E-state index contributed by atoms with van der Waals surface area (Å²) in [6.07, 6.45) is 5.22. The summed E-state index contributed by atoms with van der Waals surface area (Å²) in [5, 5.41) is 0. The van der Waals surface area contributed by atoms with Crippen molar-refractivity contribution < 1.29 is 0 Å². The summed E-state index contributed by atoms with van der Waals surface area (Å²) in [6.45, 7) is 9.41. The molecule has 0 fully saturated rings. The molecule has 0 heteroatoms. The SMILES string of the molecule is CCCC(c1ccccc1)C(C)C(CC)CC. The van der Waals surface area contributed by atoms with Gasteiger partial charge < -0.3 is 0 Å². The maximum Gasteiger partial charge on any atom is -0.0134 e. The summed E-state index contributed by atoms with van der Waals surface area (Å²) >= 11 is 0. The molecule has 0 N–H and O–H groups in total. The monoisotopic (exact) mass is 232 g/mol. The molecule has 1 aromatic rings. The molecule has 0 aliphatic rings. The van der Waals surface area contributed by atoms with Gasteiger partial charge in [0.05, 0.1) is 0 Å². The first-order valence-electron chi connectivity index (χ1n) is 7.29. The Labute approximate surface area is 107 Å². The van der Waals surface area contributed by atoms with Crippen LogP contribution in [0, 0.1) is 11.8 Å². The lowest BCUT2D eigenvalue weighted by Crippen LogP contribution is -2.18. The van der Waals surface area contributed by atoms with Crippen LogP contribution in [0.4, 0.5) is 0 Å². The lowest BCUT2D eigenvalue weighted by molar-refractivity contribution is 0.276. The van der Waals surface area contributed by atoms with E-state index in [4.69, 9.17) is 0 Å². The Morgan fingerprint density at radius 2 is 1.53 bits per heavy atom. The van der Waals surface area contributed by atoms with E-state index in [1.54, 1.807) is 0 Å². The zero-order chi connectivity index (χ0) is 12.7. The molecule has 0 spiro atoms. The highest BCUT2D eigenvalue weighted by Crippen LogP contribution is 2.36. The van der Waals surface area contributed by atoms with Crippen molar-refractivity contribution in [2.75, 3.05) is 0 Å². The molecule has 17 heavy (non-hydrogen) atoms. The summed E-state index contributed by atoms with van der Waals surface area (Å²) in [6, 6.07) is 11.1. The first-order chi connectivity index (χ1) is 8.24. The molecule has 0 aliphatic heterocycles. The summed E-state index contributed by atoms with van der Waals surface area (Å²) in [4.78, 5) is 0. The average Bonchev–Trinajstić information content (AvgIpc) is 2.38. The van der Waals surface area contributed by atoms with Gasteiger partial charge in [-0.05, 0) is 29.7 Å². The predicted octanol–water partition coefficient (Wildman–Crippen LogP) is 5.64. The minimum atomic E-state index is 0.742. The maximum atomic E-state index is 2.45. The largest absolute Gasteiger partial charge is 0.0654 e. The summed E-state index contributed by atoms with van der Waals surface area (Å²) in [5.74, 6) is 2.41. The lowest BCUT2D eigenvalue weighted by Gasteiger charge is -2.30. The van der Waals surface area contributed by atoms with Crippen molar-refractivity contribution in [3.63, 3.8) is 0 Å². The van der Waals surface area contributed by atoms with Gasteiger partial charge in [-0.1, -0.05) is 77.3 Å². The Morgan fingerprint density at radius 1 is 0.941 bits per heavy atom. The van der Waals surface area contributed by atoms with Crippen LogP contribution < -0.4 is 0 Å². The minimum Gasteiger partial charge on any atom is -0.0654 e. The number of rotatable bonds is 7. The Hall–Kier alpha value is -0.780.